The van der Waals surface area contributed by atoms with Gasteiger partial charge in [0.1, 0.15) is 12.2 Å². The minimum Gasteiger partial charge on any atom is -0.461 e. The number of piperazine rings is 1. The minimum absolute atomic E-state index is 0.00944. The second-order valence-corrected chi connectivity index (χ2v) is 12.3. The van der Waals surface area contributed by atoms with Gasteiger partial charge in [0, 0.05) is 49.5 Å². The average molecular weight is 548 g/mol. The normalized spacial score (nSPS) is 21.4. The second-order valence-electron chi connectivity index (χ2n) is 12.3. The molecule has 3 aliphatic heterocycles. The topological polar surface area (TPSA) is 79.4 Å². The van der Waals surface area contributed by atoms with E-state index in [9.17, 15) is 14.4 Å². The zero-order chi connectivity index (χ0) is 28.4. The van der Waals surface area contributed by atoms with Gasteiger partial charge in [-0.3, -0.25) is 9.59 Å². The van der Waals surface area contributed by atoms with Crippen molar-refractivity contribution in [3.8, 4) is 0 Å². The summed E-state index contributed by atoms with van der Waals surface area (Å²) in [4.78, 5) is 45.1. The van der Waals surface area contributed by atoms with Crippen molar-refractivity contribution >= 4 is 23.7 Å². The van der Waals surface area contributed by atoms with E-state index < -0.39 is 5.60 Å². The predicted molar refractivity (Wildman–Crippen MR) is 153 cm³/mol. The Morgan fingerprint density at radius 3 is 2.12 bits per heavy atom. The van der Waals surface area contributed by atoms with Crippen LogP contribution in [0.3, 0.4) is 0 Å². The molecule has 5 rings (SSSR count). The monoisotopic (exact) mass is 547 g/mol. The van der Waals surface area contributed by atoms with Gasteiger partial charge < -0.3 is 24.2 Å². The number of carbonyl (C=O) groups is 3. The maximum absolute atomic E-state index is 13.6. The van der Waals surface area contributed by atoms with Crippen molar-refractivity contribution in [3.05, 3.63) is 65.2 Å². The molecule has 0 aliphatic carbocycles. The predicted octanol–water partition coefficient (Wildman–Crippen LogP) is 5.18. The maximum atomic E-state index is 13.6. The van der Waals surface area contributed by atoms with Crippen LogP contribution in [0.5, 0.6) is 0 Å². The van der Waals surface area contributed by atoms with Crippen molar-refractivity contribution in [1.82, 2.24) is 9.80 Å². The summed E-state index contributed by atoms with van der Waals surface area (Å²) in [7, 11) is 0. The average Bonchev–Trinajstić information content (AvgIpc) is 3.19. The first-order chi connectivity index (χ1) is 19.1. The maximum Gasteiger partial charge on any atom is 0.410 e. The fourth-order valence-corrected chi connectivity index (χ4v) is 6.24. The number of benzene rings is 2. The van der Waals surface area contributed by atoms with Crippen molar-refractivity contribution in [2.45, 2.75) is 77.7 Å². The molecule has 8 nitrogen and oxygen atoms in total. The Balaban J connectivity index is 1.20. The lowest BCUT2D eigenvalue weighted by molar-refractivity contribution is -0.151. The summed E-state index contributed by atoms with van der Waals surface area (Å²) in [5, 5.41) is 0. The lowest BCUT2D eigenvalue weighted by atomic mass is 9.95. The number of esters is 1. The van der Waals surface area contributed by atoms with Gasteiger partial charge in [-0.2, -0.15) is 0 Å². The number of nitrogens with zero attached hydrogens (tertiary/aromatic N) is 3. The Labute approximate surface area is 237 Å². The van der Waals surface area contributed by atoms with Crippen LogP contribution < -0.4 is 4.90 Å². The molecule has 3 fully saturated rings. The van der Waals surface area contributed by atoms with Gasteiger partial charge >= 0.3 is 12.1 Å². The summed E-state index contributed by atoms with van der Waals surface area (Å²) in [6.45, 7) is 10.3. The summed E-state index contributed by atoms with van der Waals surface area (Å²) in [5.74, 6) is -0.359. The van der Waals surface area contributed by atoms with Gasteiger partial charge in [-0.15, -0.1) is 0 Å². The van der Waals surface area contributed by atoms with E-state index in [0.29, 0.717) is 44.6 Å². The quantitative estimate of drug-likeness (QED) is 0.480. The number of rotatable bonds is 5. The number of anilines is 1. The molecule has 2 amide bonds. The van der Waals surface area contributed by atoms with Crippen molar-refractivity contribution in [2.24, 2.45) is 5.92 Å². The van der Waals surface area contributed by atoms with Crippen LogP contribution in [0.15, 0.2) is 48.5 Å². The van der Waals surface area contributed by atoms with Gasteiger partial charge in [-0.05, 0) is 76.6 Å². The molecule has 40 heavy (non-hydrogen) atoms. The SMILES string of the molecule is Cc1c(C(=O)N2CCC(C(=O)OCc3ccccc3)CC2)cccc1N1C2CCC1CN(C(=O)OC(C)(C)C)C2. The third-order valence-electron chi connectivity index (χ3n) is 8.29. The zero-order valence-electron chi connectivity index (χ0n) is 24.1. The number of carbonyl (C=O) groups excluding carboxylic acids is 3. The number of piperidine rings is 1. The first-order valence-corrected chi connectivity index (χ1v) is 14.5. The number of ether oxygens (including phenoxy) is 2. The number of hydrogen-bond acceptors (Lipinski definition) is 6. The Morgan fingerprint density at radius 2 is 1.50 bits per heavy atom. The first kappa shape index (κ1) is 28.0. The molecule has 3 saturated heterocycles. The van der Waals surface area contributed by atoms with E-state index in [-0.39, 0.29) is 42.6 Å². The summed E-state index contributed by atoms with van der Waals surface area (Å²) in [5.41, 5.74) is 3.20. The van der Waals surface area contributed by atoms with E-state index >= 15 is 0 Å². The van der Waals surface area contributed by atoms with Crippen LogP contribution >= 0.6 is 0 Å². The van der Waals surface area contributed by atoms with Crippen molar-refractivity contribution in [2.75, 3.05) is 31.1 Å². The van der Waals surface area contributed by atoms with Gasteiger partial charge in [0.05, 0.1) is 5.92 Å². The lowest BCUT2D eigenvalue weighted by Crippen LogP contribution is -2.56. The molecule has 3 aliphatic rings. The molecular formula is C32H41N3O5. The van der Waals surface area contributed by atoms with Crippen molar-refractivity contribution < 1.29 is 23.9 Å². The molecule has 2 aromatic rings. The van der Waals surface area contributed by atoms with E-state index in [2.05, 4.69) is 11.0 Å². The highest BCUT2D eigenvalue weighted by atomic mass is 16.6. The zero-order valence-corrected chi connectivity index (χ0v) is 24.1. The molecule has 0 aromatic heterocycles. The molecule has 0 N–H and O–H groups in total. The molecule has 0 saturated carbocycles. The molecule has 3 heterocycles. The second kappa shape index (κ2) is 11.5. The molecule has 0 spiro atoms. The molecule has 2 unspecified atom stereocenters. The molecule has 214 valence electrons. The Morgan fingerprint density at radius 1 is 0.850 bits per heavy atom. The Bertz CT molecular complexity index is 1220. The standard InChI is InChI=1S/C32H41N3O5/c1-22-27(29(36)33-17-15-24(16-18-33)30(37)39-21-23-9-6-5-7-10-23)11-8-12-28(22)35-25-13-14-26(35)20-34(19-25)31(38)40-32(2,3)4/h5-12,24-26H,13-21H2,1-4H3. The summed E-state index contributed by atoms with van der Waals surface area (Å²) >= 11 is 0. The third kappa shape index (κ3) is 6.11. The third-order valence-corrected chi connectivity index (χ3v) is 8.29. The van der Waals surface area contributed by atoms with E-state index in [0.717, 1.165) is 29.7 Å². The van der Waals surface area contributed by atoms with Crippen LogP contribution in [0.4, 0.5) is 10.5 Å². The van der Waals surface area contributed by atoms with Crippen LogP contribution in [-0.2, 0) is 20.9 Å². The van der Waals surface area contributed by atoms with Gasteiger partial charge in [0.25, 0.3) is 5.91 Å². The van der Waals surface area contributed by atoms with E-state index in [1.807, 2.05) is 80.0 Å². The molecule has 2 aromatic carbocycles. The van der Waals surface area contributed by atoms with Crippen molar-refractivity contribution in [1.29, 1.82) is 0 Å². The first-order valence-electron chi connectivity index (χ1n) is 14.5. The van der Waals surface area contributed by atoms with Gasteiger partial charge in [0.15, 0.2) is 0 Å². The van der Waals surface area contributed by atoms with E-state index in [4.69, 9.17) is 9.47 Å². The number of amides is 2. The Hall–Kier alpha value is -3.55. The molecule has 2 bridgehead atoms. The molecule has 8 heteroatoms. The van der Waals surface area contributed by atoms with Gasteiger partial charge in [-0.25, -0.2) is 4.79 Å². The largest absolute Gasteiger partial charge is 0.461 e. The smallest absolute Gasteiger partial charge is 0.410 e. The van der Waals surface area contributed by atoms with E-state index in [1.165, 1.54) is 0 Å². The number of fused-ring (bicyclic) bond motifs is 2. The van der Waals surface area contributed by atoms with Crippen LogP contribution in [-0.4, -0.2) is 71.6 Å². The number of likely N-dealkylation sites (tertiary alicyclic amines) is 2. The summed E-state index contributed by atoms with van der Waals surface area (Å²) < 4.78 is 11.2. The van der Waals surface area contributed by atoms with Crippen molar-refractivity contribution in [3.63, 3.8) is 0 Å². The van der Waals surface area contributed by atoms with E-state index in [1.54, 1.807) is 0 Å². The minimum atomic E-state index is -0.518. The van der Waals surface area contributed by atoms with Crippen LogP contribution in [0.1, 0.15) is 67.9 Å². The summed E-state index contributed by atoms with van der Waals surface area (Å²) in [6.07, 6.45) is 2.98. The Kier molecular flexibility index (Phi) is 8.06. The summed E-state index contributed by atoms with van der Waals surface area (Å²) in [6, 6.07) is 16.0. The highest BCUT2D eigenvalue weighted by Gasteiger charge is 2.43. The lowest BCUT2D eigenvalue weighted by Gasteiger charge is -2.43. The molecule has 2 atom stereocenters. The van der Waals surface area contributed by atoms with Crippen LogP contribution in [0, 0.1) is 12.8 Å². The molecular weight excluding hydrogens is 506 g/mol. The van der Waals surface area contributed by atoms with Crippen LogP contribution in [0.2, 0.25) is 0 Å². The van der Waals surface area contributed by atoms with Gasteiger partial charge in [0.2, 0.25) is 0 Å². The highest BCUT2D eigenvalue weighted by Crippen LogP contribution is 2.38. The van der Waals surface area contributed by atoms with Gasteiger partial charge in [-0.1, -0.05) is 36.4 Å². The molecule has 0 radical (unpaired) electrons. The fraction of sp³-hybridized carbons (Fsp3) is 0.531. The van der Waals surface area contributed by atoms with Crippen LogP contribution in [0.25, 0.3) is 0 Å². The highest BCUT2D eigenvalue weighted by molar-refractivity contribution is 5.97. The number of hydrogen-bond donors (Lipinski definition) is 0. The fourth-order valence-electron chi connectivity index (χ4n) is 6.24.